The normalized spacial score (nSPS) is 14.7. The zero-order valence-electron chi connectivity index (χ0n) is 19.4. The lowest BCUT2D eigenvalue weighted by molar-refractivity contribution is 0.416. The molecule has 0 radical (unpaired) electrons. The maximum Gasteiger partial charge on any atom is 0.228 e. The number of hydrogen-bond acceptors (Lipinski definition) is 6. The second-order valence-corrected chi connectivity index (χ2v) is 8.78. The number of para-hydroxylation sites is 2. The number of benzene rings is 2. The van der Waals surface area contributed by atoms with Crippen LogP contribution in [0, 0.1) is 0 Å². The van der Waals surface area contributed by atoms with Gasteiger partial charge in [0.05, 0.1) is 18.3 Å². The molecule has 170 valence electrons. The molecule has 3 heterocycles. The largest absolute Gasteiger partial charge is 0.496 e. The fourth-order valence-electron chi connectivity index (χ4n) is 4.53. The highest BCUT2D eigenvalue weighted by molar-refractivity contribution is 5.95. The summed E-state index contributed by atoms with van der Waals surface area (Å²) in [6, 6.07) is 16.5. The lowest BCUT2D eigenvalue weighted by atomic mass is 9.95. The maximum atomic E-state index is 5.60. The Labute approximate surface area is 194 Å². The van der Waals surface area contributed by atoms with Gasteiger partial charge in [0, 0.05) is 40.7 Å². The second kappa shape index (κ2) is 9.19. The summed E-state index contributed by atoms with van der Waals surface area (Å²) >= 11 is 0. The minimum atomic E-state index is 0.229. The molecular formula is C26H30N6O. The predicted molar refractivity (Wildman–Crippen MR) is 132 cm³/mol. The molecule has 7 nitrogen and oxygen atoms in total. The van der Waals surface area contributed by atoms with E-state index >= 15 is 0 Å². The first-order chi connectivity index (χ1) is 16.1. The Balaban J connectivity index is 1.53. The molecule has 1 aliphatic heterocycles. The minimum absolute atomic E-state index is 0.229. The molecule has 2 aromatic heterocycles. The fourth-order valence-corrected chi connectivity index (χ4v) is 4.53. The van der Waals surface area contributed by atoms with Gasteiger partial charge in [-0.1, -0.05) is 36.4 Å². The number of nitrogens with one attached hydrogen (secondary N) is 2. The first-order valence-corrected chi connectivity index (χ1v) is 11.6. The lowest BCUT2D eigenvalue weighted by Crippen LogP contribution is -2.26. The van der Waals surface area contributed by atoms with Crippen molar-refractivity contribution in [3.63, 3.8) is 0 Å². The highest BCUT2D eigenvalue weighted by atomic mass is 16.5. The van der Waals surface area contributed by atoms with E-state index in [2.05, 4.69) is 47.7 Å². The van der Waals surface area contributed by atoms with E-state index in [1.165, 1.54) is 0 Å². The van der Waals surface area contributed by atoms with Crippen molar-refractivity contribution in [1.29, 1.82) is 0 Å². The predicted octanol–water partition coefficient (Wildman–Crippen LogP) is 5.29. The Bertz CT molecular complexity index is 1260. The third kappa shape index (κ3) is 4.28. The number of anilines is 2. The summed E-state index contributed by atoms with van der Waals surface area (Å²) in [5.41, 5.74) is 4.05. The summed E-state index contributed by atoms with van der Waals surface area (Å²) in [6.07, 6.45) is 4.10. The molecule has 0 amide bonds. The van der Waals surface area contributed by atoms with Crippen LogP contribution in [0.2, 0.25) is 0 Å². The van der Waals surface area contributed by atoms with Gasteiger partial charge in [-0.2, -0.15) is 5.10 Å². The van der Waals surface area contributed by atoms with E-state index in [0.29, 0.717) is 11.9 Å². The van der Waals surface area contributed by atoms with Crippen molar-refractivity contribution >= 4 is 22.7 Å². The van der Waals surface area contributed by atoms with Gasteiger partial charge in [-0.05, 0) is 45.8 Å². The van der Waals surface area contributed by atoms with Crippen LogP contribution in [0.3, 0.4) is 0 Å². The molecule has 1 aliphatic rings. The first kappa shape index (κ1) is 21.4. The lowest BCUT2D eigenvalue weighted by Gasteiger charge is -2.20. The van der Waals surface area contributed by atoms with E-state index < -0.39 is 0 Å². The van der Waals surface area contributed by atoms with E-state index in [9.17, 15) is 0 Å². The van der Waals surface area contributed by atoms with Gasteiger partial charge < -0.3 is 15.4 Å². The number of aromatic nitrogens is 4. The quantitative estimate of drug-likeness (QED) is 0.422. The topological polar surface area (TPSA) is 76.9 Å². The Morgan fingerprint density at radius 3 is 2.64 bits per heavy atom. The number of fused-ring (bicyclic) bond motifs is 1. The van der Waals surface area contributed by atoms with E-state index in [-0.39, 0.29) is 6.04 Å². The fraction of sp³-hybridized carbons (Fsp3) is 0.346. The van der Waals surface area contributed by atoms with E-state index in [1.54, 1.807) is 7.11 Å². The van der Waals surface area contributed by atoms with Crippen LogP contribution in [0.15, 0.2) is 54.7 Å². The number of rotatable bonds is 6. The van der Waals surface area contributed by atoms with Crippen molar-refractivity contribution in [2.75, 3.05) is 25.5 Å². The van der Waals surface area contributed by atoms with Crippen LogP contribution in [-0.2, 0) is 0 Å². The van der Waals surface area contributed by atoms with Gasteiger partial charge in [0.25, 0.3) is 0 Å². The Morgan fingerprint density at radius 2 is 1.85 bits per heavy atom. The van der Waals surface area contributed by atoms with Crippen molar-refractivity contribution in [3.05, 3.63) is 60.4 Å². The summed E-state index contributed by atoms with van der Waals surface area (Å²) in [5.74, 6) is 2.79. The number of ether oxygens (including phenoxy) is 1. The zero-order chi connectivity index (χ0) is 22.8. The molecule has 0 unspecified atom stereocenters. The number of piperidine rings is 1. The maximum absolute atomic E-state index is 5.60. The third-order valence-electron chi connectivity index (χ3n) is 6.25. The highest BCUT2D eigenvalue weighted by Crippen LogP contribution is 2.35. The van der Waals surface area contributed by atoms with Gasteiger partial charge in [0.1, 0.15) is 11.6 Å². The van der Waals surface area contributed by atoms with Gasteiger partial charge in [-0.15, -0.1) is 0 Å². The highest BCUT2D eigenvalue weighted by Gasteiger charge is 2.21. The van der Waals surface area contributed by atoms with E-state index in [4.69, 9.17) is 14.8 Å². The van der Waals surface area contributed by atoms with Crippen LogP contribution in [-0.4, -0.2) is 39.9 Å². The smallest absolute Gasteiger partial charge is 0.228 e. The summed E-state index contributed by atoms with van der Waals surface area (Å²) in [7, 11) is 1.69. The molecule has 1 fully saturated rings. The average Bonchev–Trinajstić information content (AvgIpc) is 3.28. The van der Waals surface area contributed by atoms with Gasteiger partial charge >= 0.3 is 0 Å². The number of nitrogens with zero attached hydrogens (tertiary/aromatic N) is 4. The van der Waals surface area contributed by atoms with Crippen LogP contribution >= 0.6 is 0 Å². The van der Waals surface area contributed by atoms with Crippen LogP contribution < -0.4 is 15.4 Å². The molecule has 0 saturated carbocycles. The molecule has 7 heteroatoms. The molecule has 0 spiro atoms. The van der Waals surface area contributed by atoms with E-state index in [1.807, 2.05) is 41.2 Å². The Hall–Kier alpha value is -3.45. The monoisotopic (exact) mass is 442 g/mol. The molecule has 0 bridgehead atoms. The van der Waals surface area contributed by atoms with Crippen molar-refractivity contribution < 1.29 is 4.74 Å². The third-order valence-corrected chi connectivity index (χ3v) is 6.25. The van der Waals surface area contributed by atoms with Crippen molar-refractivity contribution in [1.82, 2.24) is 25.1 Å². The standard InChI is InChI=1S/C26H30N6O/c1-17(2)32-24(15-22(31-32)18-11-13-27-14-12-18)29-26-28-16-19-7-6-9-21(25(19)30-26)20-8-4-5-10-23(20)33-3/h4-10,15-18,27H,11-14H2,1-3H3,(H,28,29,30). The van der Waals surface area contributed by atoms with Crippen molar-refractivity contribution in [2.45, 2.75) is 38.6 Å². The van der Waals surface area contributed by atoms with Crippen LogP contribution in [0.25, 0.3) is 22.0 Å². The number of methoxy groups -OCH3 is 1. The van der Waals surface area contributed by atoms with Gasteiger partial charge in [0.2, 0.25) is 5.95 Å². The Morgan fingerprint density at radius 1 is 1.06 bits per heavy atom. The SMILES string of the molecule is COc1ccccc1-c1cccc2cnc(Nc3cc(C4CCNCC4)nn3C(C)C)nc12. The zero-order valence-corrected chi connectivity index (χ0v) is 19.4. The molecule has 1 saturated heterocycles. The Kier molecular flexibility index (Phi) is 5.96. The van der Waals surface area contributed by atoms with Gasteiger partial charge in [-0.25, -0.2) is 14.6 Å². The molecule has 4 aromatic rings. The summed E-state index contributed by atoms with van der Waals surface area (Å²) in [4.78, 5) is 9.51. The number of hydrogen-bond donors (Lipinski definition) is 2. The molecule has 0 aliphatic carbocycles. The summed E-state index contributed by atoms with van der Waals surface area (Å²) < 4.78 is 7.64. The van der Waals surface area contributed by atoms with Crippen LogP contribution in [0.1, 0.15) is 44.3 Å². The summed E-state index contributed by atoms with van der Waals surface area (Å²) in [6.45, 7) is 6.37. The first-order valence-electron chi connectivity index (χ1n) is 11.6. The van der Waals surface area contributed by atoms with Crippen molar-refractivity contribution in [3.8, 4) is 16.9 Å². The molecule has 5 rings (SSSR count). The molecule has 33 heavy (non-hydrogen) atoms. The molecule has 0 atom stereocenters. The summed E-state index contributed by atoms with van der Waals surface area (Å²) in [5, 5.41) is 12.8. The van der Waals surface area contributed by atoms with Crippen LogP contribution in [0.4, 0.5) is 11.8 Å². The van der Waals surface area contributed by atoms with Crippen molar-refractivity contribution in [2.24, 2.45) is 0 Å². The second-order valence-electron chi connectivity index (χ2n) is 8.78. The van der Waals surface area contributed by atoms with Gasteiger partial charge in [-0.3, -0.25) is 0 Å². The minimum Gasteiger partial charge on any atom is -0.496 e. The molecular weight excluding hydrogens is 412 g/mol. The molecule has 2 aromatic carbocycles. The average molecular weight is 443 g/mol. The van der Waals surface area contributed by atoms with E-state index in [0.717, 1.165) is 65.2 Å². The van der Waals surface area contributed by atoms with Gasteiger partial charge in [0.15, 0.2) is 0 Å². The van der Waals surface area contributed by atoms with Crippen LogP contribution in [0.5, 0.6) is 5.75 Å². The molecule has 2 N–H and O–H groups in total.